The van der Waals surface area contributed by atoms with E-state index in [1.54, 1.807) is 0 Å². The van der Waals surface area contributed by atoms with Gasteiger partial charge < -0.3 is 5.11 Å². The van der Waals surface area contributed by atoms with Gasteiger partial charge in [-0.25, -0.2) is 0 Å². The fourth-order valence-corrected chi connectivity index (χ4v) is 2.25. The Hall–Kier alpha value is -0.560. The highest BCUT2D eigenvalue weighted by atomic mass is 16.3. The highest BCUT2D eigenvalue weighted by molar-refractivity contribution is 5.11. The summed E-state index contributed by atoms with van der Waals surface area (Å²) >= 11 is 0. The van der Waals surface area contributed by atoms with Crippen LogP contribution < -0.4 is 0 Å². The predicted octanol–water partition coefficient (Wildman–Crippen LogP) is 6.18. The lowest BCUT2D eigenvalue weighted by atomic mass is 10.0. The monoisotopic (exact) mass is 280 g/mol. The minimum atomic E-state index is -0.769. The minimum absolute atomic E-state index is 0.769. The molecule has 1 nitrogen and oxygen atoms in total. The Kier molecular flexibility index (Phi) is 13.0. The standard InChI is InChI=1S/C19H36O/c1-4-6-8-10-11-12-14-16-18-19(3,20)17-15-13-9-7-5-2/h15-18,20H,4-14H2,1-3H3/b17-15-,18-16-. The van der Waals surface area contributed by atoms with Crippen LogP contribution in [0.3, 0.4) is 0 Å². The van der Waals surface area contributed by atoms with Crippen molar-refractivity contribution in [2.45, 2.75) is 97.0 Å². The van der Waals surface area contributed by atoms with E-state index in [1.165, 1.54) is 57.8 Å². The van der Waals surface area contributed by atoms with Crippen molar-refractivity contribution in [2.24, 2.45) is 0 Å². The van der Waals surface area contributed by atoms with Gasteiger partial charge in [0.1, 0.15) is 0 Å². The molecule has 0 aromatic rings. The summed E-state index contributed by atoms with van der Waals surface area (Å²) in [6, 6.07) is 0. The van der Waals surface area contributed by atoms with Crippen molar-refractivity contribution in [3.05, 3.63) is 24.3 Å². The molecule has 0 aromatic carbocycles. The molecule has 0 bridgehead atoms. The van der Waals surface area contributed by atoms with Crippen molar-refractivity contribution in [3.63, 3.8) is 0 Å². The molecule has 1 unspecified atom stereocenters. The summed E-state index contributed by atoms with van der Waals surface area (Å²) in [6.07, 6.45) is 22.0. The van der Waals surface area contributed by atoms with Crippen molar-refractivity contribution in [1.29, 1.82) is 0 Å². The summed E-state index contributed by atoms with van der Waals surface area (Å²) in [4.78, 5) is 0. The van der Waals surface area contributed by atoms with Gasteiger partial charge in [-0.1, -0.05) is 83.1 Å². The molecule has 0 saturated heterocycles. The lowest BCUT2D eigenvalue weighted by molar-refractivity contribution is 0.163. The van der Waals surface area contributed by atoms with Gasteiger partial charge >= 0.3 is 0 Å². The molecule has 1 heteroatoms. The zero-order valence-corrected chi connectivity index (χ0v) is 14.0. The zero-order valence-electron chi connectivity index (χ0n) is 14.0. The van der Waals surface area contributed by atoms with Gasteiger partial charge in [0.2, 0.25) is 0 Å². The Labute approximate surface area is 127 Å². The molecule has 0 aromatic heterocycles. The highest BCUT2D eigenvalue weighted by Gasteiger charge is 2.09. The van der Waals surface area contributed by atoms with Crippen molar-refractivity contribution in [2.75, 3.05) is 0 Å². The Morgan fingerprint density at radius 1 is 0.700 bits per heavy atom. The van der Waals surface area contributed by atoms with E-state index in [-0.39, 0.29) is 0 Å². The molecule has 0 aliphatic carbocycles. The first kappa shape index (κ1) is 19.4. The third kappa shape index (κ3) is 13.9. The third-order valence-corrected chi connectivity index (χ3v) is 3.61. The number of hydrogen-bond donors (Lipinski definition) is 1. The van der Waals surface area contributed by atoms with Crippen LogP contribution in [-0.4, -0.2) is 10.7 Å². The summed E-state index contributed by atoms with van der Waals surface area (Å²) in [7, 11) is 0. The molecule has 0 spiro atoms. The van der Waals surface area contributed by atoms with E-state index in [4.69, 9.17) is 0 Å². The SMILES string of the molecule is CCCCC/C=C\C(C)(O)/C=C\CCCCCCCC. The quantitative estimate of drug-likeness (QED) is 0.315. The summed E-state index contributed by atoms with van der Waals surface area (Å²) < 4.78 is 0. The average Bonchev–Trinajstić information content (AvgIpc) is 2.41. The second-order valence-corrected chi connectivity index (χ2v) is 6.08. The van der Waals surface area contributed by atoms with Crippen molar-refractivity contribution >= 4 is 0 Å². The molecule has 0 aliphatic heterocycles. The molecule has 0 radical (unpaired) electrons. The van der Waals surface area contributed by atoms with Gasteiger partial charge in [0.15, 0.2) is 0 Å². The van der Waals surface area contributed by atoms with E-state index < -0.39 is 5.60 Å². The first-order chi connectivity index (χ1) is 9.62. The van der Waals surface area contributed by atoms with E-state index >= 15 is 0 Å². The summed E-state index contributed by atoms with van der Waals surface area (Å²) in [5, 5.41) is 10.2. The lowest BCUT2D eigenvalue weighted by Gasteiger charge is -2.13. The molecule has 118 valence electrons. The molecule has 0 heterocycles. The fraction of sp³-hybridized carbons (Fsp3) is 0.789. The van der Waals surface area contributed by atoms with E-state index in [1.807, 2.05) is 19.1 Å². The topological polar surface area (TPSA) is 20.2 Å². The van der Waals surface area contributed by atoms with Crippen molar-refractivity contribution in [3.8, 4) is 0 Å². The van der Waals surface area contributed by atoms with Crippen LogP contribution in [0.15, 0.2) is 24.3 Å². The van der Waals surface area contributed by atoms with Gasteiger partial charge in [0.25, 0.3) is 0 Å². The maximum atomic E-state index is 10.2. The summed E-state index contributed by atoms with van der Waals surface area (Å²) in [5.74, 6) is 0. The van der Waals surface area contributed by atoms with Crippen molar-refractivity contribution < 1.29 is 5.11 Å². The van der Waals surface area contributed by atoms with Crippen LogP contribution in [-0.2, 0) is 0 Å². The number of hydrogen-bond acceptors (Lipinski definition) is 1. The Morgan fingerprint density at radius 2 is 1.10 bits per heavy atom. The molecular formula is C19H36O. The fourth-order valence-electron chi connectivity index (χ4n) is 2.25. The van der Waals surface area contributed by atoms with Crippen LogP contribution in [0, 0.1) is 0 Å². The van der Waals surface area contributed by atoms with Gasteiger partial charge in [0, 0.05) is 0 Å². The van der Waals surface area contributed by atoms with Crippen LogP contribution in [0.25, 0.3) is 0 Å². The van der Waals surface area contributed by atoms with Gasteiger partial charge in [-0.15, -0.1) is 0 Å². The van der Waals surface area contributed by atoms with Gasteiger partial charge in [0.05, 0.1) is 5.60 Å². The number of aliphatic hydroxyl groups is 1. The number of unbranched alkanes of at least 4 members (excludes halogenated alkanes) is 9. The van der Waals surface area contributed by atoms with E-state index in [9.17, 15) is 5.11 Å². The second-order valence-electron chi connectivity index (χ2n) is 6.08. The summed E-state index contributed by atoms with van der Waals surface area (Å²) in [6.45, 7) is 6.33. The predicted molar refractivity (Wildman–Crippen MR) is 91.0 cm³/mol. The Balaban J connectivity index is 3.64. The molecular weight excluding hydrogens is 244 g/mol. The Morgan fingerprint density at radius 3 is 1.65 bits per heavy atom. The van der Waals surface area contributed by atoms with Gasteiger partial charge in [-0.2, -0.15) is 0 Å². The number of allylic oxidation sites excluding steroid dienone is 2. The Bertz CT molecular complexity index is 250. The van der Waals surface area contributed by atoms with Crippen LogP contribution in [0.5, 0.6) is 0 Å². The van der Waals surface area contributed by atoms with Gasteiger partial charge in [-0.05, 0) is 32.6 Å². The van der Waals surface area contributed by atoms with Crippen LogP contribution in [0.4, 0.5) is 0 Å². The smallest absolute Gasteiger partial charge is 0.0980 e. The summed E-state index contributed by atoms with van der Waals surface area (Å²) in [5.41, 5.74) is -0.769. The van der Waals surface area contributed by atoms with Crippen LogP contribution >= 0.6 is 0 Å². The molecule has 0 rings (SSSR count). The molecule has 0 fully saturated rings. The average molecular weight is 280 g/mol. The van der Waals surface area contributed by atoms with E-state index in [2.05, 4.69) is 26.0 Å². The van der Waals surface area contributed by atoms with Crippen LogP contribution in [0.1, 0.15) is 91.4 Å². The molecule has 0 saturated carbocycles. The molecule has 20 heavy (non-hydrogen) atoms. The zero-order chi connectivity index (χ0) is 15.1. The normalized spacial score (nSPS) is 15.2. The lowest BCUT2D eigenvalue weighted by Crippen LogP contribution is -2.16. The number of rotatable bonds is 13. The molecule has 1 N–H and O–H groups in total. The molecule has 0 amide bonds. The van der Waals surface area contributed by atoms with Crippen molar-refractivity contribution in [1.82, 2.24) is 0 Å². The minimum Gasteiger partial charge on any atom is -0.382 e. The van der Waals surface area contributed by atoms with Crippen LogP contribution in [0.2, 0.25) is 0 Å². The third-order valence-electron chi connectivity index (χ3n) is 3.61. The van der Waals surface area contributed by atoms with E-state index in [0.29, 0.717) is 0 Å². The maximum absolute atomic E-state index is 10.2. The highest BCUT2D eigenvalue weighted by Crippen LogP contribution is 2.12. The molecule has 0 aliphatic rings. The second kappa shape index (κ2) is 13.4. The first-order valence-electron chi connectivity index (χ1n) is 8.70. The molecule has 1 atom stereocenters. The van der Waals surface area contributed by atoms with Gasteiger partial charge in [-0.3, -0.25) is 0 Å². The maximum Gasteiger partial charge on any atom is 0.0980 e. The van der Waals surface area contributed by atoms with E-state index in [0.717, 1.165) is 12.8 Å². The largest absolute Gasteiger partial charge is 0.382 e. The first-order valence-corrected chi connectivity index (χ1v) is 8.70.